The lowest BCUT2D eigenvalue weighted by molar-refractivity contribution is -0.0155. The molecule has 1 saturated heterocycles. The molecule has 2 fully saturated rings. The first kappa shape index (κ1) is 15.3. The predicted molar refractivity (Wildman–Crippen MR) is 83.5 cm³/mol. The van der Waals surface area contributed by atoms with Gasteiger partial charge in [0.25, 0.3) is 0 Å². The van der Waals surface area contributed by atoms with Crippen molar-refractivity contribution in [1.29, 1.82) is 0 Å². The maximum absolute atomic E-state index is 3.68. The number of hydrogen-bond donors (Lipinski definition) is 1. The summed E-state index contributed by atoms with van der Waals surface area (Å²) in [7, 11) is 0. The lowest BCUT2D eigenvalue weighted by atomic mass is 9.77. The van der Waals surface area contributed by atoms with Gasteiger partial charge in [0.1, 0.15) is 0 Å². The van der Waals surface area contributed by atoms with Gasteiger partial charge < -0.3 is 5.32 Å². The minimum Gasteiger partial charge on any atom is -0.314 e. The monoisotopic (exact) mass is 266 g/mol. The molecule has 1 saturated carbocycles. The van der Waals surface area contributed by atoms with Crippen molar-refractivity contribution in [2.45, 2.75) is 83.7 Å². The quantitative estimate of drug-likeness (QED) is 0.814. The molecule has 112 valence electrons. The summed E-state index contributed by atoms with van der Waals surface area (Å²) in [5.41, 5.74) is 0.505. The molecule has 1 aliphatic heterocycles. The first-order valence-electron chi connectivity index (χ1n) is 8.69. The standard InChI is InChI=1S/C17H34N2/c1-4-15(3)13-16(5-2)19-12-11-18-14-17(19)9-7-6-8-10-17/h15-16,18H,4-14H2,1-3H3. The van der Waals surface area contributed by atoms with E-state index < -0.39 is 0 Å². The van der Waals surface area contributed by atoms with Gasteiger partial charge in [-0.15, -0.1) is 0 Å². The molecular formula is C17H34N2. The maximum atomic E-state index is 3.68. The van der Waals surface area contributed by atoms with E-state index in [9.17, 15) is 0 Å². The fraction of sp³-hybridized carbons (Fsp3) is 1.00. The van der Waals surface area contributed by atoms with Crippen LogP contribution in [0.3, 0.4) is 0 Å². The summed E-state index contributed by atoms with van der Waals surface area (Å²) in [5, 5.41) is 3.68. The van der Waals surface area contributed by atoms with Crippen molar-refractivity contribution in [3.63, 3.8) is 0 Å². The second-order valence-electron chi connectivity index (χ2n) is 6.97. The van der Waals surface area contributed by atoms with Gasteiger partial charge in [-0.1, -0.05) is 46.5 Å². The summed E-state index contributed by atoms with van der Waals surface area (Å²) >= 11 is 0. The lowest BCUT2D eigenvalue weighted by Crippen LogP contribution is -2.64. The maximum Gasteiger partial charge on any atom is 0.0337 e. The number of nitrogens with one attached hydrogen (secondary N) is 1. The number of rotatable bonds is 5. The van der Waals surface area contributed by atoms with E-state index in [-0.39, 0.29) is 0 Å². The van der Waals surface area contributed by atoms with E-state index in [1.54, 1.807) is 0 Å². The van der Waals surface area contributed by atoms with Crippen LogP contribution in [0.1, 0.15) is 72.1 Å². The molecule has 0 aromatic heterocycles. The zero-order chi connectivity index (χ0) is 13.7. The molecule has 0 bridgehead atoms. The highest BCUT2D eigenvalue weighted by Gasteiger charge is 2.42. The van der Waals surface area contributed by atoms with Crippen LogP contribution in [0.15, 0.2) is 0 Å². The minimum absolute atomic E-state index is 0.505. The molecule has 1 aliphatic carbocycles. The fourth-order valence-electron chi connectivity index (χ4n) is 4.25. The Hall–Kier alpha value is -0.0800. The number of nitrogens with zero attached hydrogens (tertiary/aromatic N) is 1. The van der Waals surface area contributed by atoms with Gasteiger partial charge >= 0.3 is 0 Å². The molecule has 2 heteroatoms. The highest BCUT2D eigenvalue weighted by atomic mass is 15.3. The molecule has 1 heterocycles. The Labute approximate surface area is 120 Å². The van der Waals surface area contributed by atoms with Gasteiger partial charge in [-0.25, -0.2) is 0 Å². The first-order chi connectivity index (χ1) is 9.22. The van der Waals surface area contributed by atoms with E-state index in [1.165, 1.54) is 71.0 Å². The normalized spacial score (nSPS) is 27.3. The highest BCUT2D eigenvalue weighted by Crippen LogP contribution is 2.37. The molecule has 0 amide bonds. The summed E-state index contributed by atoms with van der Waals surface area (Å²) in [6.45, 7) is 10.9. The van der Waals surface area contributed by atoms with Crippen molar-refractivity contribution in [3.8, 4) is 0 Å². The molecule has 0 aromatic rings. The lowest BCUT2D eigenvalue weighted by Gasteiger charge is -2.53. The Morgan fingerprint density at radius 3 is 2.47 bits per heavy atom. The zero-order valence-corrected chi connectivity index (χ0v) is 13.4. The average Bonchev–Trinajstić information content (AvgIpc) is 2.46. The van der Waals surface area contributed by atoms with Gasteiger partial charge in [0, 0.05) is 31.2 Å². The van der Waals surface area contributed by atoms with E-state index in [0.717, 1.165) is 12.0 Å². The first-order valence-corrected chi connectivity index (χ1v) is 8.69. The largest absolute Gasteiger partial charge is 0.314 e. The van der Waals surface area contributed by atoms with Crippen molar-refractivity contribution in [3.05, 3.63) is 0 Å². The molecule has 2 rings (SSSR count). The predicted octanol–water partition coefficient (Wildman–Crippen LogP) is 3.81. The van der Waals surface area contributed by atoms with Gasteiger partial charge in [-0.3, -0.25) is 4.90 Å². The van der Waals surface area contributed by atoms with Crippen LogP contribution in [0, 0.1) is 5.92 Å². The third-order valence-corrected chi connectivity index (χ3v) is 5.66. The van der Waals surface area contributed by atoms with Gasteiger partial charge in [0.05, 0.1) is 0 Å². The second kappa shape index (κ2) is 7.08. The van der Waals surface area contributed by atoms with Crippen molar-refractivity contribution < 1.29 is 0 Å². The van der Waals surface area contributed by atoms with Crippen molar-refractivity contribution >= 4 is 0 Å². The van der Waals surface area contributed by atoms with Crippen molar-refractivity contribution in [1.82, 2.24) is 10.2 Å². The summed E-state index contributed by atoms with van der Waals surface area (Å²) in [6, 6.07) is 0.815. The summed E-state index contributed by atoms with van der Waals surface area (Å²) in [5.74, 6) is 0.875. The second-order valence-corrected chi connectivity index (χ2v) is 6.97. The zero-order valence-electron chi connectivity index (χ0n) is 13.4. The molecule has 19 heavy (non-hydrogen) atoms. The van der Waals surface area contributed by atoms with E-state index in [2.05, 4.69) is 31.0 Å². The van der Waals surface area contributed by atoms with Crippen LogP contribution >= 0.6 is 0 Å². The number of hydrogen-bond acceptors (Lipinski definition) is 2. The molecule has 0 aromatic carbocycles. The Balaban J connectivity index is 2.08. The fourth-order valence-corrected chi connectivity index (χ4v) is 4.25. The Kier molecular flexibility index (Phi) is 5.70. The van der Waals surface area contributed by atoms with E-state index in [0.29, 0.717) is 5.54 Å². The van der Waals surface area contributed by atoms with Gasteiger partial charge in [-0.05, 0) is 31.6 Å². The SMILES string of the molecule is CCC(C)CC(CC)N1CCNCC12CCCCC2. The van der Waals surface area contributed by atoms with Crippen molar-refractivity contribution in [2.24, 2.45) is 5.92 Å². The van der Waals surface area contributed by atoms with Crippen LogP contribution in [0.4, 0.5) is 0 Å². The summed E-state index contributed by atoms with van der Waals surface area (Å²) in [6.07, 6.45) is 11.2. The minimum atomic E-state index is 0.505. The van der Waals surface area contributed by atoms with Crippen LogP contribution in [0.25, 0.3) is 0 Å². The third kappa shape index (κ3) is 3.52. The molecular weight excluding hydrogens is 232 g/mol. The van der Waals surface area contributed by atoms with Crippen LogP contribution in [-0.2, 0) is 0 Å². The van der Waals surface area contributed by atoms with Gasteiger partial charge in [-0.2, -0.15) is 0 Å². The van der Waals surface area contributed by atoms with Crippen LogP contribution in [-0.4, -0.2) is 36.1 Å². The van der Waals surface area contributed by atoms with E-state index >= 15 is 0 Å². The third-order valence-electron chi connectivity index (χ3n) is 5.66. The Morgan fingerprint density at radius 2 is 1.84 bits per heavy atom. The highest BCUT2D eigenvalue weighted by molar-refractivity contribution is 5.00. The molecule has 2 unspecified atom stereocenters. The summed E-state index contributed by atoms with van der Waals surface area (Å²) < 4.78 is 0. The van der Waals surface area contributed by atoms with Crippen LogP contribution in [0.5, 0.6) is 0 Å². The molecule has 1 spiro atoms. The van der Waals surface area contributed by atoms with Crippen LogP contribution in [0.2, 0.25) is 0 Å². The molecule has 2 nitrogen and oxygen atoms in total. The Bertz CT molecular complexity index is 250. The van der Waals surface area contributed by atoms with E-state index in [4.69, 9.17) is 0 Å². The number of piperazine rings is 1. The average molecular weight is 266 g/mol. The van der Waals surface area contributed by atoms with Crippen LogP contribution < -0.4 is 5.32 Å². The molecule has 1 N–H and O–H groups in total. The smallest absolute Gasteiger partial charge is 0.0337 e. The molecule has 2 atom stereocenters. The molecule has 2 aliphatic rings. The van der Waals surface area contributed by atoms with Gasteiger partial charge in [0.2, 0.25) is 0 Å². The van der Waals surface area contributed by atoms with E-state index in [1.807, 2.05) is 0 Å². The van der Waals surface area contributed by atoms with Gasteiger partial charge in [0.15, 0.2) is 0 Å². The molecule has 0 radical (unpaired) electrons. The Morgan fingerprint density at radius 1 is 1.11 bits per heavy atom. The summed E-state index contributed by atoms with van der Waals surface area (Å²) in [4.78, 5) is 2.93. The van der Waals surface area contributed by atoms with Crippen molar-refractivity contribution in [2.75, 3.05) is 19.6 Å². The topological polar surface area (TPSA) is 15.3 Å².